The molecular formula is C23H24F2N2O2. The fourth-order valence-electron chi connectivity index (χ4n) is 3.39. The number of para-hydroxylation sites is 1. The van der Waals surface area contributed by atoms with Gasteiger partial charge in [-0.2, -0.15) is 0 Å². The Hall–Kier alpha value is -3.02. The van der Waals surface area contributed by atoms with E-state index in [1.54, 1.807) is 25.1 Å². The second-order valence-corrected chi connectivity index (χ2v) is 7.53. The highest BCUT2D eigenvalue weighted by Gasteiger charge is 2.20. The molecule has 0 spiro atoms. The van der Waals surface area contributed by atoms with E-state index in [0.29, 0.717) is 23.2 Å². The van der Waals surface area contributed by atoms with Gasteiger partial charge >= 0.3 is 0 Å². The molecule has 3 rings (SSSR count). The van der Waals surface area contributed by atoms with E-state index in [0.717, 1.165) is 6.07 Å². The Morgan fingerprint density at radius 2 is 1.76 bits per heavy atom. The van der Waals surface area contributed by atoms with Gasteiger partial charge in [-0.25, -0.2) is 13.8 Å². The first-order valence-electron chi connectivity index (χ1n) is 9.61. The van der Waals surface area contributed by atoms with Gasteiger partial charge in [0.2, 0.25) is 0 Å². The molecule has 0 bridgehead atoms. The Balaban J connectivity index is 2.15. The number of rotatable bonds is 6. The van der Waals surface area contributed by atoms with Gasteiger partial charge < -0.3 is 5.11 Å². The molecule has 0 atom stereocenters. The molecule has 6 heteroatoms. The van der Waals surface area contributed by atoms with Crippen LogP contribution in [0.4, 0.5) is 8.78 Å². The molecule has 0 fully saturated rings. The van der Waals surface area contributed by atoms with E-state index >= 15 is 0 Å². The van der Waals surface area contributed by atoms with E-state index in [9.17, 15) is 18.7 Å². The highest BCUT2D eigenvalue weighted by atomic mass is 19.1. The second-order valence-electron chi connectivity index (χ2n) is 7.53. The number of halogens is 2. The molecule has 0 aliphatic rings. The first-order valence-corrected chi connectivity index (χ1v) is 9.61. The first-order chi connectivity index (χ1) is 13.8. The number of aromatic hydroxyl groups is 1. The van der Waals surface area contributed by atoms with Gasteiger partial charge in [0.05, 0.1) is 5.56 Å². The lowest BCUT2D eigenvalue weighted by Crippen LogP contribution is -2.29. The van der Waals surface area contributed by atoms with Crippen LogP contribution in [0.2, 0.25) is 0 Å². The van der Waals surface area contributed by atoms with Gasteiger partial charge in [-0.1, -0.05) is 38.1 Å². The molecule has 1 N–H and O–H groups in total. The van der Waals surface area contributed by atoms with E-state index in [-0.39, 0.29) is 41.6 Å². The summed E-state index contributed by atoms with van der Waals surface area (Å²) in [5.74, 6) is -1.28. The molecule has 0 unspecified atom stereocenters. The van der Waals surface area contributed by atoms with Crippen LogP contribution in [-0.2, 0) is 19.4 Å². The van der Waals surface area contributed by atoms with Crippen molar-refractivity contribution >= 4 is 0 Å². The first kappa shape index (κ1) is 20.7. The molecule has 0 aliphatic heterocycles. The summed E-state index contributed by atoms with van der Waals surface area (Å²) in [6, 6.07) is 10.5. The standard InChI is InChI=1S/C23H24F2N2O2/c1-14(2)13-18-15(3)26-22(17-8-6-10-20(25)21(17)28)27(23(18)29)12-11-16-7-4-5-9-19(16)24/h4-10,14,28H,11-13H2,1-3H3. The minimum absolute atomic E-state index is 0.134. The third-order valence-electron chi connectivity index (χ3n) is 4.87. The number of benzene rings is 2. The molecule has 152 valence electrons. The van der Waals surface area contributed by atoms with Gasteiger partial charge in [-0.05, 0) is 49.4 Å². The smallest absolute Gasteiger partial charge is 0.257 e. The van der Waals surface area contributed by atoms with Crippen LogP contribution in [0.15, 0.2) is 47.3 Å². The van der Waals surface area contributed by atoms with Crippen molar-refractivity contribution in [3.05, 3.63) is 81.3 Å². The topological polar surface area (TPSA) is 55.1 Å². The van der Waals surface area contributed by atoms with Crippen LogP contribution in [0.5, 0.6) is 5.75 Å². The summed E-state index contributed by atoms with van der Waals surface area (Å²) in [6.07, 6.45) is 0.814. The van der Waals surface area contributed by atoms with E-state index < -0.39 is 11.6 Å². The van der Waals surface area contributed by atoms with Crippen LogP contribution in [0.1, 0.15) is 30.7 Å². The van der Waals surface area contributed by atoms with Crippen molar-refractivity contribution in [2.75, 3.05) is 0 Å². The van der Waals surface area contributed by atoms with Crippen molar-refractivity contribution in [1.29, 1.82) is 0 Å². The maximum Gasteiger partial charge on any atom is 0.257 e. The molecule has 4 nitrogen and oxygen atoms in total. The molecule has 0 amide bonds. The van der Waals surface area contributed by atoms with Crippen LogP contribution in [0.3, 0.4) is 0 Å². The molecule has 0 saturated heterocycles. The summed E-state index contributed by atoms with van der Waals surface area (Å²) in [4.78, 5) is 17.8. The summed E-state index contributed by atoms with van der Waals surface area (Å²) in [7, 11) is 0. The quantitative estimate of drug-likeness (QED) is 0.658. The number of nitrogens with zero attached hydrogens (tertiary/aromatic N) is 2. The van der Waals surface area contributed by atoms with E-state index in [4.69, 9.17) is 0 Å². The summed E-state index contributed by atoms with van der Waals surface area (Å²) in [6.45, 7) is 5.91. The highest BCUT2D eigenvalue weighted by Crippen LogP contribution is 2.30. The number of aryl methyl sites for hydroxylation is 2. The Bertz CT molecular complexity index is 1090. The Morgan fingerprint density at radius 1 is 1.07 bits per heavy atom. The number of hydrogen-bond donors (Lipinski definition) is 1. The number of aromatic nitrogens is 2. The molecule has 0 radical (unpaired) electrons. The van der Waals surface area contributed by atoms with Gasteiger partial charge in [0.25, 0.3) is 5.56 Å². The maximum absolute atomic E-state index is 14.1. The molecule has 0 aliphatic carbocycles. The van der Waals surface area contributed by atoms with E-state index in [1.807, 2.05) is 13.8 Å². The molecule has 1 heterocycles. The zero-order chi connectivity index (χ0) is 21.1. The van der Waals surface area contributed by atoms with Crippen molar-refractivity contribution < 1.29 is 13.9 Å². The van der Waals surface area contributed by atoms with Gasteiger partial charge in [-0.3, -0.25) is 9.36 Å². The van der Waals surface area contributed by atoms with E-state index in [2.05, 4.69) is 4.98 Å². The molecule has 0 saturated carbocycles. The minimum Gasteiger partial charge on any atom is -0.504 e. The predicted octanol–water partition coefficient (Wildman–Crippen LogP) is 4.64. The van der Waals surface area contributed by atoms with Crippen LogP contribution in [0.25, 0.3) is 11.4 Å². The summed E-state index contributed by atoms with van der Waals surface area (Å²) in [5, 5.41) is 10.2. The predicted molar refractivity (Wildman–Crippen MR) is 109 cm³/mol. The molecule has 29 heavy (non-hydrogen) atoms. The van der Waals surface area contributed by atoms with Gasteiger partial charge in [0.15, 0.2) is 11.6 Å². The number of phenols is 1. The van der Waals surface area contributed by atoms with Gasteiger partial charge in [-0.15, -0.1) is 0 Å². The molecule has 1 aromatic heterocycles. The third kappa shape index (κ3) is 4.36. The average Bonchev–Trinajstić information content (AvgIpc) is 2.67. The zero-order valence-electron chi connectivity index (χ0n) is 16.7. The highest BCUT2D eigenvalue weighted by molar-refractivity contribution is 5.64. The summed E-state index contributed by atoms with van der Waals surface area (Å²) in [5.41, 5.74) is 1.48. The van der Waals surface area contributed by atoms with Crippen molar-refractivity contribution in [2.45, 2.75) is 40.2 Å². The van der Waals surface area contributed by atoms with Crippen LogP contribution in [-0.4, -0.2) is 14.7 Å². The van der Waals surface area contributed by atoms with Crippen molar-refractivity contribution in [1.82, 2.24) is 9.55 Å². The second kappa shape index (κ2) is 8.55. The van der Waals surface area contributed by atoms with Crippen molar-refractivity contribution in [3.63, 3.8) is 0 Å². The lowest BCUT2D eigenvalue weighted by Gasteiger charge is -2.18. The maximum atomic E-state index is 14.1. The van der Waals surface area contributed by atoms with Crippen molar-refractivity contribution in [3.8, 4) is 17.1 Å². The number of hydrogen-bond acceptors (Lipinski definition) is 3. The Labute approximate surface area is 168 Å². The number of phenolic OH excluding ortho intramolecular Hbond substituents is 1. The average molecular weight is 398 g/mol. The SMILES string of the molecule is Cc1nc(-c2cccc(F)c2O)n(CCc2ccccc2F)c(=O)c1CC(C)C. The minimum atomic E-state index is -0.790. The summed E-state index contributed by atoms with van der Waals surface area (Å²) < 4.78 is 29.4. The molecular weight excluding hydrogens is 374 g/mol. The van der Waals surface area contributed by atoms with E-state index in [1.165, 1.54) is 22.8 Å². The third-order valence-corrected chi connectivity index (χ3v) is 4.87. The monoisotopic (exact) mass is 398 g/mol. The fraction of sp³-hybridized carbons (Fsp3) is 0.304. The van der Waals surface area contributed by atoms with Gasteiger partial charge in [0.1, 0.15) is 11.6 Å². The Morgan fingerprint density at radius 3 is 2.45 bits per heavy atom. The summed E-state index contributed by atoms with van der Waals surface area (Å²) >= 11 is 0. The van der Waals surface area contributed by atoms with Crippen LogP contribution >= 0.6 is 0 Å². The lowest BCUT2D eigenvalue weighted by atomic mass is 10.0. The Kier molecular flexibility index (Phi) is 6.11. The zero-order valence-corrected chi connectivity index (χ0v) is 16.7. The van der Waals surface area contributed by atoms with Gasteiger partial charge in [0, 0.05) is 17.8 Å². The largest absolute Gasteiger partial charge is 0.504 e. The normalized spacial score (nSPS) is 11.2. The molecule has 2 aromatic carbocycles. The van der Waals surface area contributed by atoms with Crippen molar-refractivity contribution in [2.24, 2.45) is 5.92 Å². The lowest BCUT2D eigenvalue weighted by molar-refractivity contribution is 0.433. The molecule has 3 aromatic rings. The van der Waals surface area contributed by atoms with Crippen LogP contribution in [0, 0.1) is 24.5 Å². The fourth-order valence-corrected chi connectivity index (χ4v) is 3.39. The van der Waals surface area contributed by atoms with Crippen LogP contribution < -0.4 is 5.56 Å².